The van der Waals surface area contributed by atoms with Crippen molar-refractivity contribution in [2.45, 2.75) is 26.4 Å². The average molecular weight is 312 g/mol. The number of aryl methyl sites for hydroxylation is 1. The van der Waals surface area contributed by atoms with Crippen LogP contribution in [0.3, 0.4) is 0 Å². The van der Waals surface area contributed by atoms with E-state index >= 15 is 0 Å². The Morgan fingerprint density at radius 1 is 1.13 bits per heavy atom. The van der Waals surface area contributed by atoms with Crippen molar-refractivity contribution in [3.63, 3.8) is 0 Å². The number of pyridine rings is 1. The normalized spacial score (nSPS) is 11.3. The summed E-state index contributed by atoms with van der Waals surface area (Å²) < 4.78 is 10.5. The molecule has 0 spiro atoms. The van der Waals surface area contributed by atoms with E-state index in [0.29, 0.717) is 24.8 Å². The summed E-state index contributed by atoms with van der Waals surface area (Å²) in [7, 11) is 3.67. The quantitative estimate of drug-likeness (QED) is 0.697. The van der Waals surface area contributed by atoms with Gasteiger partial charge in [0, 0.05) is 18.4 Å². The molecule has 0 atom stereocenters. The highest BCUT2D eigenvalue weighted by Crippen LogP contribution is 2.23. The van der Waals surface area contributed by atoms with Crippen LogP contribution >= 0.6 is 0 Å². The lowest BCUT2D eigenvalue weighted by molar-refractivity contribution is 0.297. The molecule has 0 N–H and O–H groups in total. The largest absolute Gasteiger partial charge is 0.494 e. The number of aromatic nitrogens is 3. The molecule has 0 unspecified atom stereocenters. The first-order chi connectivity index (χ1) is 11.2. The maximum absolute atomic E-state index is 5.39. The molecule has 0 bridgehead atoms. The maximum Gasteiger partial charge on any atom is 0.226 e. The molecule has 0 aliphatic rings. The second-order valence-electron chi connectivity index (χ2n) is 5.46. The van der Waals surface area contributed by atoms with E-state index in [4.69, 9.17) is 14.2 Å². The number of rotatable bonds is 6. The first kappa shape index (κ1) is 15.4. The summed E-state index contributed by atoms with van der Waals surface area (Å²) >= 11 is 0. The molecule has 0 amide bonds. The first-order valence-electron chi connectivity index (χ1n) is 7.62. The smallest absolute Gasteiger partial charge is 0.226 e. The fourth-order valence-electron chi connectivity index (χ4n) is 2.48. The molecule has 2 aromatic heterocycles. The van der Waals surface area contributed by atoms with Crippen LogP contribution in [-0.2, 0) is 19.5 Å². The van der Waals surface area contributed by atoms with Gasteiger partial charge in [-0.1, -0.05) is 30.3 Å². The van der Waals surface area contributed by atoms with Crippen LogP contribution in [0.1, 0.15) is 24.3 Å². The zero-order valence-corrected chi connectivity index (χ0v) is 13.6. The van der Waals surface area contributed by atoms with Crippen LogP contribution in [0.2, 0.25) is 0 Å². The Morgan fingerprint density at radius 3 is 2.74 bits per heavy atom. The van der Waals surface area contributed by atoms with Crippen molar-refractivity contribution in [3.8, 4) is 5.75 Å². The van der Waals surface area contributed by atoms with E-state index in [1.807, 2.05) is 38.2 Å². The van der Waals surface area contributed by atoms with Gasteiger partial charge in [-0.15, -0.1) is 0 Å². The Balaban J connectivity index is 1.75. The highest BCUT2D eigenvalue weighted by molar-refractivity contribution is 5.84. The predicted octanol–water partition coefficient (Wildman–Crippen LogP) is 2.82. The van der Waals surface area contributed by atoms with Crippen LogP contribution in [0.4, 0.5) is 0 Å². The monoisotopic (exact) mass is 312 g/mol. The van der Waals surface area contributed by atoms with Gasteiger partial charge in [-0.3, -0.25) is 4.90 Å². The molecular weight excluding hydrogens is 292 g/mol. The number of benzene rings is 1. The lowest BCUT2D eigenvalue weighted by atomic mass is 10.2. The Bertz CT molecular complexity index is 800. The van der Waals surface area contributed by atoms with Gasteiger partial charge in [0.2, 0.25) is 5.89 Å². The standard InChI is InChI=1S/C17H20N4O2/c1-4-16-19-15(20-23-16)11-21(2)10-13-9-8-12-6-5-7-14(22-3)17(12)18-13/h5-9H,4,10-11H2,1-3H3. The Morgan fingerprint density at radius 2 is 2.00 bits per heavy atom. The van der Waals surface area contributed by atoms with Crippen molar-refractivity contribution >= 4 is 10.9 Å². The van der Waals surface area contributed by atoms with Crippen LogP contribution in [0, 0.1) is 0 Å². The molecule has 2 heterocycles. The van der Waals surface area contributed by atoms with Crippen LogP contribution in [0.5, 0.6) is 5.75 Å². The number of hydrogen-bond donors (Lipinski definition) is 0. The van der Waals surface area contributed by atoms with Gasteiger partial charge in [-0.05, 0) is 19.2 Å². The van der Waals surface area contributed by atoms with E-state index in [1.165, 1.54) is 0 Å². The molecule has 120 valence electrons. The summed E-state index contributed by atoms with van der Waals surface area (Å²) in [6.07, 6.45) is 0.753. The molecular formula is C17H20N4O2. The van der Waals surface area contributed by atoms with Gasteiger partial charge in [0.1, 0.15) is 11.3 Å². The van der Waals surface area contributed by atoms with E-state index in [0.717, 1.165) is 28.8 Å². The minimum atomic E-state index is 0.620. The minimum absolute atomic E-state index is 0.620. The fourth-order valence-corrected chi connectivity index (χ4v) is 2.48. The van der Waals surface area contributed by atoms with Crippen LogP contribution in [-0.4, -0.2) is 34.2 Å². The third-order valence-corrected chi connectivity index (χ3v) is 3.62. The van der Waals surface area contributed by atoms with Crippen LogP contribution in [0.15, 0.2) is 34.9 Å². The lowest BCUT2D eigenvalue weighted by Gasteiger charge is -2.14. The van der Waals surface area contributed by atoms with E-state index in [2.05, 4.69) is 21.1 Å². The minimum Gasteiger partial charge on any atom is -0.494 e. The Labute approximate surface area is 135 Å². The maximum atomic E-state index is 5.39. The molecule has 3 aromatic rings. The van der Waals surface area contributed by atoms with Crippen molar-refractivity contribution in [1.82, 2.24) is 20.0 Å². The second-order valence-corrected chi connectivity index (χ2v) is 5.46. The molecule has 0 saturated heterocycles. The highest BCUT2D eigenvalue weighted by atomic mass is 16.5. The summed E-state index contributed by atoms with van der Waals surface area (Å²) in [5, 5.41) is 5.05. The molecule has 0 saturated carbocycles. The molecule has 0 aliphatic heterocycles. The number of hydrogen-bond acceptors (Lipinski definition) is 6. The first-order valence-corrected chi connectivity index (χ1v) is 7.62. The highest BCUT2D eigenvalue weighted by Gasteiger charge is 2.10. The summed E-state index contributed by atoms with van der Waals surface area (Å²) in [4.78, 5) is 11.2. The third-order valence-electron chi connectivity index (χ3n) is 3.62. The number of ether oxygens (including phenoxy) is 1. The van der Waals surface area contributed by atoms with E-state index < -0.39 is 0 Å². The van der Waals surface area contributed by atoms with Gasteiger partial charge in [0.15, 0.2) is 5.82 Å². The molecule has 0 aliphatic carbocycles. The molecule has 3 rings (SSSR count). The molecule has 0 fully saturated rings. The van der Waals surface area contributed by atoms with Gasteiger partial charge >= 0.3 is 0 Å². The van der Waals surface area contributed by atoms with Crippen LogP contribution in [0.25, 0.3) is 10.9 Å². The topological polar surface area (TPSA) is 64.3 Å². The fraction of sp³-hybridized carbons (Fsp3) is 0.353. The van der Waals surface area contributed by atoms with Gasteiger partial charge in [-0.2, -0.15) is 4.98 Å². The average Bonchev–Trinajstić information content (AvgIpc) is 3.01. The summed E-state index contributed by atoms with van der Waals surface area (Å²) in [5.41, 5.74) is 1.86. The van der Waals surface area contributed by atoms with Gasteiger partial charge in [0.05, 0.1) is 19.3 Å². The zero-order valence-electron chi connectivity index (χ0n) is 13.6. The number of para-hydroxylation sites is 1. The Kier molecular flexibility index (Phi) is 4.52. The molecule has 1 aromatic carbocycles. The van der Waals surface area contributed by atoms with Gasteiger partial charge < -0.3 is 9.26 Å². The second kappa shape index (κ2) is 6.75. The number of fused-ring (bicyclic) bond motifs is 1. The number of methoxy groups -OCH3 is 1. The van der Waals surface area contributed by atoms with Gasteiger partial charge in [-0.25, -0.2) is 4.98 Å². The predicted molar refractivity (Wildman–Crippen MR) is 87.1 cm³/mol. The summed E-state index contributed by atoms with van der Waals surface area (Å²) in [6, 6.07) is 10.0. The van der Waals surface area contributed by atoms with Crippen molar-refractivity contribution in [2.24, 2.45) is 0 Å². The number of nitrogens with zero attached hydrogens (tertiary/aromatic N) is 4. The van der Waals surface area contributed by atoms with Gasteiger partial charge in [0.25, 0.3) is 0 Å². The molecule has 23 heavy (non-hydrogen) atoms. The molecule has 0 radical (unpaired) electrons. The Hall–Kier alpha value is -2.47. The lowest BCUT2D eigenvalue weighted by Crippen LogP contribution is -2.18. The van der Waals surface area contributed by atoms with Crippen molar-refractivity contribution < 1.29 is 9.26 Å². The molecule has 6 heteroatoms. The SMILES string of the molecule is CCc1nc(CN(C)Cc2ccc3cccc(OC)c3n2)no1. The van der Waals surface area contributed by atoms with E-state index in [9.17, 15) is 0 Å². The van der Waals surface area contributed by atoms with E-state index in [-0.39, 0.29) is 0 Å². The zero-order chi connectivity index (χ0) is 16.2. The third kappa shape index (κ3) is 3.48. The van der Waals surface area contributed by atoms with Crippen molar-refractivity contribution in [1.29, 1.82) is 0 Å². The summed E-state index contributed by atoms with van der Waals surface area (Å²) in [5.74, 6) is 2.16. The summed E-state index contributed by atoms with van der Waals surface area (Å²) in [6.45, 7) is 3.31. The van der Waals surface area contributed by atoms with Crippen molar-refractivity contribution in [3.05, 3.63) is 47.7 Å². The molecule has 6 nitrogen and oxygen atoms in total. The van der Waals surface area contributed by atoms with Crippen molar-refractivity contribution in [2.75, 3.05) is 14.2 Å². The van der Waals surface area contributed by atoms with Crippen LogP contribution < -0.4 is 4.74 Å². The van der Waals surface area contributed by atoms with E-state index in [1.54, 1.807) is 7.11 Å².